The second kappa shape index (κ2) is 47.5. The van der Waals surface area contributed by atoms with E-state index < -0.39 is 49.5 Å². The van der Waals surface area contributed by atoms with Gasteiger partial charge in [0.15, 0.2) is 6.29 Å². The Morgan fingerprint density at radius 3 is 1.41 bits per heavy atom. The number of esters is 1. The van der Waals surface area contributed by atoms with Crippen molar-refractivity contribution in [2.24, 2.45) is 0 Å². The number of unbranched alkanes of at least 4 members (excludes halogenated alkanes) is 33. The summed E-state index contributed by atoms with van der Waals surface area (Å²) in [4.78, 5) is 25.0. The lowest BCUT2D eigenvalue weighted by atomic mass is 9.99. The summed E-state index contributed by atoms with van der Waals surface area (Å²) < 4.78 is 16.7. The van der Waals surface area contributed by atoms with Crippen LogP contribution in [0.15, 0.2) is 24.3 Å². The number of aliphatic hydroxyl groups excluding tert-OH is 5. The van der Waals surface area contributed by atoms with Crippen LogP contribution in [0.5, 0.6) is 0 Å². The Morgan fingerprint density at radius 2 is 0.941 bits per heavy atom. The lowest BCUT2D eigenvalue weighted by molar-refractivity contribution is -0.302. The van der Waals surface area contributed by atoms with Gasteiger partial charge >= 0.3 is 5.97 Å². The van der Waals surface area contributed by atoms with E-state index in [2.05, 4.69) is 31.3 Å². The summed E-state index contributed by atoms with van der Waals surface area (Å²) in [6, 6.07) is -0.815. The fourth-order valence-electron chi connectivity index (χ4n) is 8.96. The predicted molar refractivity (Wildman–Crippen MR) is 278 cm³/mol. The number of carbonyl (C=O) groups excluding carboxylic acids is 2. The van der Waals surface area contributed by atoms with Gasteiger partial charge in [0, 0.05) is 12.8 Å². The van der Waals surface area contributed by atoms with Crippen LogP contribution in [0.4, 0.5) is 0 Å². The first-order chi connectivity index (χ1) is 33.2. The number of nitrogens with one attached hydrogen (secondary N) is 1. The van der Waals surface area contributed by atoms with Crippen molar-refractivity contribution in [3.05, 3.63) is 24.3 Å². The number of hydrogen-bond donors (Lipinski definition) is 6. The van der Waals surface area contributed by atoms with Gasteiger partial charge in [0.1, 0.15) is 24.4 Å². The van der Waals surface area contributed by atoms with E-state index in [-0.39, 0.29) is 18.5 Å². The number of hydrogen-bond acceptors (Lipinski definition) is 10. The quantitative estimate of drug-likeness (QED) is 0.0196. The van der Waals surface area contributed by atoms with Crippen LogP contribution in [0.2, 0.25) is 0 Å². The molecule has 0 aromatic carbocycles. The van der Waals surface area contributed by atoms with Gasteiger partial charge in [-0.3, -0.25) is 9.59 Å². The minimum atomic E-state index is -1.57. The summed E-state index contributed by atoms with van der Waals surface area (Å²) in [5, 5.41) is 54.1. The molecule has 0 aliphatic carbocycles. The standard InChI is InChI=1S/C57H107NO10/c1-3-5-7-9-11-13-14-25-29-33-37-41-45-53(62)66-46-42-38-34-30-26-23-21-19-17-15-16-18-20-22-24-28-32-36-40-44-52(61)58-49(50(60)43-39-35-31-27-12-10-8-6-4-2)48-67-57-56(65)55(64)54(63)51(47-59)68-57/h15-16,39,43,49-51,54-57,59-60,63-65H,3-14,17-38,40-42,44-48H2,1-2H3,(H,58,61)/b16-15-,43-39+. The molecular formula is C57H107NO10. The highest BCUT2D eigenvalue weighted by atomic mass is 16.7. The van der Waals surface area contributed by atoms with Crippen molar-refractivity contribution >= 4 is 11.9 Å². The Balaban J connectivity index is 2.06. The van der Waals surface area contributed by atoms with E-state index in [9.17, 15) is 35.1 Å². The smallest absolute Gasteiger partial charge is 0.305 e. The second-order valence-corrected chi connectivity index (χ2v) is 20.0. The van der Waals surface area contributed by atoms with Gasteiger partial charge in [-0.15, -0.1) is 0 Å². The third-order valence-corrected chi connectivity index (χ3v) is 13.6. The maximum Gasteiger partial charge on any atom is 0.305 e. The molecule has 400 valence electrons. The molecule has 0 spiro atoms. The van der Waals surface area contributed by atoms with Crippen LogP contribution >= 0.6 is 0 Å². The van der Waals surface area contributed by atoms with Crippen molar-refractivity contribution in [3.8, 4) is 0 Å². The largest absolute Gasteiger partial charge is 0.466 e. The van der Waals surface area contributed by atoms with E-state index in [1.165, 1.54) is 161 Å². The number of aliphatic hydroxyl groups is 5. The summed E-state index contributed by atoms with van der Waals surface area (Å²) in [6.45, 7) is 4.29. The van der Waals surface area contributed by atoms with E-state index >= 15 is 0 Å². The van der Waals surface area contributed by atoms with Crippen LogP contribution in [-0.4, -0.2) is 100 Å². The Bertz CT molecular complexity index is 1180. The van der Waals surface area contributed by atoms with Crippen LogP contribution in [-0.2, 0) is 23.8 Å². The molecule has 1 aliphatic rings. The maximum atomic E-state index is 13.0. The molecule has 11 nitrogen and oxygen atoms in total. The lowest BCUT2D eigenvalue weighted by Crippen LogP contribution is -2.60. The molecule has 1 saturated heterocycles. The Kier molecular flexibility index (Phi) is 44.8. The molecule has 1 fully saturated rings. The minimum absolute atomic E-state index is 0.0104. The third-order valence-electron chi connectivity index (χ3n) is 13.6. The average Bonchev–Trinajstić information content (AvgIpc) is 3.33. The first-order valence-corrected chi connectivity index (χ1v) is 28.6. The molecule has 7 atom stereocenters. The summed E-state index contributed by atoms with van der Waals surface area (Å²) in [5.41, 5.74) is 0. The summed E-state index contributed by atoms with van der Waals surface area (Å²) in [5.74, 6) is -0.204. The Labute approximate surface area is 416 Å². The molecule has 1 amide bonds. The molecule has 0 aromatic heterocycles. The third kappa shape index (κ3) is 37.0. The predicted octanol–water partition coefficient (Wildman–Crippen LogP) is 12.6. The van der Waals surface area contributed by atoms with Crippen molar-refractivity contribution in [2.75, 3.05) is 19.8 Å². The van der Waals surface area contributed by atoms with Gasteiger partial charge in [-0.25, -0.2) is 0 Å². The van der Waals surface area contributed by atoms with Gasteiger partial charge in [0.2, 0.25) is 5.91 Å². The highest BCUT2D eigenvalue weighted by molar-refractivity contribution is 5.76. The van der Waals surface area contributed by atoms with Crippen LogP contribution in [0.1, 0.15) is 264 Å². The summed E-state index contributed by atoms with van der Waals surface area (Å²) >= 11 is 0. The molecule has 11 heteroatoms. The van der Waals surface area contributed by atoms with Crippen LogP contribution in [0, 0.1) is 0 Å². The molecule has 0 aromatic rings. The summed E-state index contributed by atoms with van der Waals surface area (Å²) in [7, 11) is 0. The number of amides is 1. The van der Waals surface area contributed by atoms with Crippen molar-refractivity contribution in [3.63, 3.8) is 0 Å². The Morgan fingerprint density at radius 1 is 0.529 bits per heavy atom. The van der Waals surface area contributed by atoms with Crippen molar-refractivity contribution in [1.29, 1.82) is 0 Å². The second-order valence-electron chi connectivity index (χ2n) is 20.0. The lowest BCUT2D eigenvalue weighted by Gasteiger charge is -2.40. The van der Waals surface area contributed by atoms with E-state index in [0.29, 0.717) is 19.4 Å². The van der Waals surface area contributed by atoms with Gasteiger partial charge in [0.05, 0.1) is 32.0 Å². The van der Waals surface area contributed by atoms with Gasteiger partial charge in [-0.05, 0) is 57.8 Å². The molecular weight excluding hydrogens is 859 g/mol. The monoisotopic (exact) mass is 966 g/mol. The average molecular weight is 966 g/mol. The molecule has 68 heavy (non-hydrogen) atoms. The highest BCUT2D eigenvalue weighted by Crippen LogP contribution is 2.23. The number of ether oxygens (including phenoxy) is 3. The molecule has 7 unspecified atom stereocenters. The van der Waals surface area contributed by atoms with Crippen molar-refractivity contribution in [1.82, 2.24) is 5.32 Å². The molecule has 1 rings (SSSR count). The maximum absolute atomic E-state index is 13.0. The van der Waals surface area contributed by atoms with Crippen molar-refractivity contribution in [2.45, 2.75) is 307 Å². The van der Waals surface area contributed by atoms with E-state index in [1.807, 2.05) is 6.08 Å². The van der Waals surface area contributed by atoms with Crippen LogP contribution in [0.25, 0.3) is 0 Å². The molecule has 1 aliphatic heterocycles. The Hall–Kier alpha value is -1.86. The van der Waals surface area contributed by atoms with Crippen LogP contribution in [0.3, 0.4) is 0 Å². The first-order valence-electron chi connectivity index (χ1n) is 28.6. The number of allylic oxidation sites excluding steroid dienone is 3. The fraction of sp³-hybridized carbons (Fsp3) is 0.895. The SMILES string of the molecule is CCCCCCCCC/C=C/C(O)C(COC1OC(CO)C(O)C(O)C1O)NC(=O)CCCCCCCCC/C=C\CCCCCCCCCCOC(=O)CCCCCCCCCCCCCC. The zero-order valence-corrected chi connectivity index (χ0v) is 43.8. The molecule has 1 heterocycles. The number of carbonyl (C=O) groups is 2. The van der Waals surface area contributed by atoms with E-state index in [1.54, 1.807) is 6.08 Å². The first kappa shape index (κ1) is 64.2. The summed E-state index contributed by atoms with van der Waals surface area (Å²) in [6.07, 6.45) is 45.6. The topological polar surface area (TPSA) is 175 Å². The zero-order chi connectivity index (χ0) is 49.6. The normalized spacial score (nSPS) is 19.5. The number of rotatable bonds is 49. The van der Waals surface area contributed by atoms with Gasteiger partial charge in [-0.1, -0.05) is 218 Å². The molecule has 0 bridgehead atoms. The fourth-order valence-corrected chi connectivity index (χ4v) is 8.96. The van der Waals surface area contributed by atoms with Crippen LogP contribution < -0.4 is 5.32 Å². The van der Waals surface area contributed by atoms with E-state index in [0.717, 1.165) is 77.0 Å². The van der Waals surface area contributed by atoms with E-state index in [4.69, 9.17) is 14.2 Å². The molecule has 6 N–H and O–H groups in total. The van der Waals surface area contributed by atoms with Crippen molar-refractivity contribution < 1.29 is 49.3 Å². The minimum Gasteiger partial charge on any atom is -0.466 e. The molecule has 0 saturated carbocycles. The zero-order valence-electron chi connectivity index (χ0n) is 43.8. The van der Waals surface area contributed by atoms with Gasteiger partial charge in [-0.2, -0.15) is 0 Å². The highest BCUT2D eigenvalue weighted by Gasteiger charge is 2.44. The van der Waals surface area contributed by atoms with Gasteiger partial charge < -0.3 is 45.1 Å². The molecule has 0 radical (unpaired) electrons. The van der Waals surface area contributed by atoms with Gasteiger partial charge in [0.25, 0.3) is 0 Å².